The van der Waals surface area contributed by atoms with Gasteiger partial charge in [-0.2, -0.15) is 0 Å². The van der Waals surface area contributed by atoms with Crippen LogP contribution in [0, 0.1) is 0 Å². The lowest BCUT2D eigenvalue weighted by Crippen LogP contribution is -2.33. The molecular weight excluding hydrogens is 448 g/mol. The number of amides is 1. The highest BCUT2D eigenvalue weighted by Gasteiger charge is 2.18. The van der Waals surface area contributed by atoms with Crippen molar-refractivity contribution in [1.82, 2.24) is 10.5 Å². The minimum Gasteiger partial charge on any atom is -0.350 e. The second-order valence-corrected chi connectivity index (χ2v) is 9.57. The Kier molecular flexibility index (Phi) is 7.34. The Morgan fingerprint density at radius 2 is 1.53 bits per heavy atom. The SMILES string of the molecule is O=C(N[C@H](/C=C/S(=O)(=O)c1ccccc1)CCc1ccccc1)c1cc(-c2ccccc2)no1. The maximum Gasteiger partial charge on any atom is 0.290 e. The van der Waals surface area contributed by atoms with Gasteiger partial charge in [0, 0.05) is 23.1 Å². The van der Waals surface area contributed by atoms with E-state index in [1.165, 1.54) is 18.2 Å². The minimum absolute atomic E-state index is 0.0582. The van der Waals surface area contributed by atoms with E-state index < -0.39 is 21.8 Å². The number of aromatic nitrogens is 1. The number of rotatable bonds is 9. The first-order valence-corrected chi connectivity index (χ1v) is 12.4. The maximum atomic E-state index is 12.9. The molecule has 172 valence electrons. The zero-order chi connectivity index (χ0) is 23.8. The largest absolute Gasteiger partial charge is 0.350 e. The number of aryl methyl sites for hydroxylation is 1. The van der Waals surface area contributed by atoms with Crippen molar-refractivity contribution in [3.05, 3.63) is 120 Å². The molecule has 1 atom stereocenters. The van der Waals surface area contributed by atoms with E-state index in [0.29, 0.717) is 18.5 Å². The summed E-state index contributed by atoms with van der Waals surface area (Å²) in [5, 5.41) is 8.00. The van der Waals surface area contributed by atoms with Crippen molar-refractivity contribution in [2.24, 2.45) is 0 Å². The normalized spacial score (nSPS) is 12.5. The Labute approximate surface area is 198 Å². The van der Waals surface area contributed by atoms with Gasteiger partial charge in [-0.1, -0.05) is 90.1 Å². The fourth-order valence-electron chi connectivity index (χ4n) is 3.44. The van der Waals surface area contributed by atoms with Gasteiger partial charge in [-0.25, -0.2) is 8.42 Å². The molecule has 0 spiro atoms. The molecule has 3 aromatic carbocycles. The molecule has 0 aliphatic heterocycles. The Balaban J connectivity index is 1.51. The lowest BCUT2D eigenvalue weighted by molar-refractivity contribution is 0.0906. The molecule has 0 bridgehead atoms. The predicted molar refractivity (Wildman–Crippen MR) is 131 cm³/mol. The standard InChI is InChI=1S/C27H24N2O4S/c30-27(26-20-25(29-33-26)22-12-6-2-7-13-22)28-23(17-16-21-10-4-1-5-11-21)18-19-34(31,32)24-14-8-3-9-15-24/h1-15,18-20,23H,16-17H2,(H,28,30)/b19-18+/t23-/m0/s1. The first-order valence-electron chi connectivity index (χ1n) is 10.9. The third-order valence-electron chi connectivity index (χ3n) is 5.27. The third kappa shape index (κ3) is 6.08. The average molecular weight is 473 g/mol. The van der Waals surface area contributed by atoms with Gasteiger partial charge in [-0.15, -0.1) is 0 Å². The monoisotopic (exact) mass is 472 g/mol. The molecule has 1 aromatic heterocycles. The summed E-state index contributed by atoms with van der Waals surface area (Å²) in [4.78, 5) is 13.1. The van der Waals surface area contributed by atoms with Crippen molar-refractivity contribution in [3.63, 3.8) is 0 Å². The van der Waals surface area contributed by atoms with Gasteiger partial charge in [0.2, 0.25) is 5.76 Å². The van der Waals surface area contributed by atoms with Crippen LogP contribution in [0.25, 0.3) is 11.3 Å². The summed E-state index contributed by atoms with van der Waals surface area (Å²) in [6.07, 6.45) is 2.68. The van der Waals surface area contributed by atoms with Gasteiger partial charge >= 0.3 is 0 Å². The highest BCUT2D eigenvalue weighted by Crippen LogP contribution is 2.19. The number of nitrogens with zero attached hydrogens (tertiary/aromatic N) is 1. The van der Waals surface area contributed by atoms with Gasteiger partial charge in [-0.05, 0) is 30.5 Å². The number of benzene rings is 3. The van der Waals surface area contributed by atoms with Crippen LogP contribution in [0.3, 0.4) is 0 Å². The number of hydrogen-bond donors (Lipinski definition) is 1. The molecule has 0 unspecified atom stereocenters. The quantitative estimate of drug-likeness (QED) is 0.368. The summed E-state index contributed by atoms with van der Waals surface area (Å²) in [5.41, 5.74) is 2.47. The number of carbonyl (C=O) groups excluding carboxylic acids is 1. The minimum atomic E-state index is -3.64. The van der Waals surface area contributed by atoms with E-state index in [-0.39, 0.29) is 10.7 Å². The Morgan fingerprint density at radius 3 is 2.21 bits per heavy atom. The van der Waals surface area contributed by atoms with Gasteiger partial charge in [0.15, 0.2) is 9.84 Å². The van der Waals surface area contributed by atoms with E-state index in [0.717, 1.165) is 16.5 Å². The summed E-state index contributed by atoms with van der Waals surface area (Å²) < 4.78 is 30.7. The number of sulfone groups is 1. The van der Waals surface area contributed by atoms with Gasteiger partial charge in [-0.3, -0.25) is 4.79 Å². The Morgan fingerprint density at radius 1 is 0.912 bits per heavy atom. The molecule has 0 radical (unpaired) electrons. The molecule has 34 heavy (non-hydrogen) atoms. The fraction of sp³-hybridized carbons (Fsp3) is 0.111. The van der Waals surface area contributed by atoms with Crippen LogP contribution < -0.4 is 5.32 Å². The van der Waals surface area contributed by atoms with Gasteiger partial charge in [0.05, 0.1) is 4.90 Å². The molecule has 0 saturated heterocycles. The van der Waals surface area contributed by atoms with Crippen LogP contribution >= 0.6 is 0 Å². The van der Waals surface area contributed by atoms with Crippen molar-refractivity contribution in [1.29, 1.82) is 0 Å². The molecule has 4 rings (SSSR count). The van der Waals surface area contributed by atoms with E-state index in [4.69, 9.17) is 4.52 Å². The molecule has 0 aliphatic rings. The second-order valence-electron chi connectivity index (χ2n) is 7.73. The summed E-state index contributed by atoms with van der Waals surface area (Å²) in [5.74, 6) is -0.405. The maximum absolute atomic E-state index is 12.9. The molecule has 0 aliphatic carbocycles. The highest BCUT2D eigenvalue weighted by atomic mass is 32.2. The first kappa shape index (κ1) is 23.2. The number of nitrogens with one attached hydrogen (secondary N) is 1. The lowest BCUT2D eigenvalue weighted by Gasteiger charge is -2.14. The molecule has 4 aromatic rings. The molecule has 7 heteroatoms. The van der Waals surface area contributed by atoms with Crippen LogP contribution in [0.15, 0.2) is 118 Å². The molecule has 0 fully saturated rings. The van der Waals surface area contributed by atoms with Crippen molar-refractivity contribution in [2.45, 2.75) is 23.8 Å². The molecular formula is C27H24N2O4S. The zero-order valence-corrected chi connectivity index (χ0v) is 19.2. The third-order valence-corrected chi connectivity index (χ3v) is 6.71. The van der Waals surface area contributed by atoms with E-state index in [9.17, 15) is 13.2 Å². The molecule has 1 heterocycles. The Hall–Kier alpha value is -3.97. The van der Waals surface area contributed by atoms with Crippen molar-refractivity contribution >= 4 is 15.7 Å². The van der Waals surface area contributed by atoms with Crippen molar-refractivity contribution < 1.29 is 17.7 Å². The van der Waals surface area contributed by atoms with Crippen LogP contribution in [0.2, 0.25) is 0 Å². The van der Waals surface area contributed by atoms with Gasteiger partial charge in [0.25, 0.3) is 5.91 Å². The predicted octanol–water partition coefficient (Wildman–Crippen LogP) is 5.06. The van der Waals surface area contributed by atoms with Crippen molar-refractivity contribution in [2.75, 3.05) is 0 Å². The van der Waals surface area contributed by atoms with Gasteiger partial charge < -0.3 is 9.84 Å². The van der Waals surface area contributed by atoms with Crippen LogP contribution in [-0.4, -0.2) is 25.5 Å². The topological polar surface area (TPSA) is 89.3 Å². The van der Waals surface area contributed by atoms with Crippen LogP contribution in [0.5, 0.6) is 0 Å². The van der Waals surface area contributed by atoms with E-state index >= 15 is 0 Å². The molecule has 0 saturated carbocycles. The first-order chi connectivity index (χ1) is 16.5. The smallest absolute Gasteiger partial charge is 0.290 e. The van der Waals surface area contributed by atoms with E-state index in [2.05, 4.69) is 10.5 Å². The fourth-order valence-corrected chi connectivity index (χ4v) is 4.53. The summed E-state index contributed by atoms with van der Waals surface area (Å²) in [6.45, 7) is 0. The van der Waals surface area contributed by atoms with Crippen LogP contribution in [-0.2, 0) is 16.3 Å². The van der Waals surface area contributed by atoms with Crippen molar-refractivity contribution in [3.8, 4) is 11.3 Å². The summed E-state index contributed by atoms with van der Waals surface area (Å²) >= 11 is 0. The summed E-state index contributed by atoms with van der Waals surface area (Å²) in [6, 6.07) is 28.4. The van der Waals surface area contributed by atoms with E-state index in [1.807, 2.05) is 60.7 Å². The summed E-state index contributed by atoms with van der Waals surface area (Å²) in [7, 11) is -3.64. The number of hydrogen-bond acceptors (Lipinski definition) is 5. The Bertz CT molecular complexity index is 1350. The highest BCUT2D eigenvalue weighted by molar-refractivity contribution is 7.94. The zero-order valence-electron chi connectivity index (χ0n) is 18.4. The lowest BCUT2D eigenvalue weighted by atomic mass is 10.1. The van der Waals surface area contributed by atoms with E-state index in [1.54, 1.807) is 24.3 Å². The van der Waals surface area contributed by atoms with Gasteiger partial charge in [0.1, 0.15) is 5.69 Å². The molecule has 6 nitrogen and oxygen atoms in total. The average Bonchev–Trinajstić information content (AvgIpc) is 3.38. The van der Waals surface area contributed by atoms with Crippen LogP contribution in [0.4, 0.5) is 0 Å². The molecule has 1 amide bonds. The second kappa shape index (κ2) is 10.8. The molecule has 1 N–H and O–H groups in total. The van der Waals surface area contributed by atoms with Crippen LogP contribution in [0.1, 0.15) is 22.5 Å². The number of carbonyl (C=O) groups is 1.